The molecule has 166 valence electrons. The molecule has 2 amide bonds. The second kappa shape index (κ2) is 10.5. The van der Waals surface area contributed by atoms with Gasteiger partial charge < -0.3 is 10.6 Å². The van der Waals surface area contributed by atoms with Gasteiger partial charge in [-0.05, 0) is 54.0 Å². The minimum Gasteiger partial charge on any atom is -0.352 e. The molecule has 0 saturated heterocycles. The zero-order valence-corrected chi connectivity index (χ0v) is 18.4. The number of anilines is 1. The van der Waals surface area contributed by atoms with Crippen LogP contribution in [0.3, 0.4) is 0 Å². The van der Waals surface area contributed by atoms with E-state index in [1.807, 2.05) is 26.0 Å². The fourth-order valence-corrected chi connectivity index (χ4v) is 3.24. The van der Waals surface area contributed by atoms with Crippen LogP contribution in [-0.4, -0.2) is 21.6 Å². The zero-order valence-electron chi connectivity index (χ0n) is 18.4. The van der Waals surface area contributed by atoms with Crippen molar-refractivity contribution in [3.63, 3.8) is 0 Å². The van der Waals surface area contributed by atoms with Gasteiger partial charge in [-0.3, -0.25) is 14.3 Å². The van der Waals surface area contributed by atoms with Crippen molar-refractivity contribution >= 4 is 23.6 Å². The van der Waals surface area contributed by atoms with E-state index >= 15 is 0 Å². The predicted octanol–water partition coefficient (Wildman–Crippen LogP) is 4.54. The average Bonchev–Trinajstić information content (AvgIpc) is 3.12. The normalized spacial score (nSPS) is 11.2. The van der Waals surface area contributed by atoms with Crippen LogP contribution in [0.1, 0.15) is 31.4 Å². The van der Waals surface area contributed by atoms with Crippen molar-refractivity contribution in [3.8, 4) is 11.3 Å². The average molecular weight is 435 g/mol. The summed E-state index contributed by atoms with van der Waals surface area (Å²) in [4.78, 5) is 24.1. The molecule has 2 N–H and O–H groups in total. The van der Waals surface area contributed by atoms with E-state index in [2.05, 4.69) is 15.7 Å². The van der Waals surface area contributed by atoms with E-state index in [1.54, 1.807) is 48.3 Å². The summed E-state index contributed by atoms with van der Waals surface area (Å²) in [5.74, 6) is -0.245. The van der Waals surface area contributed by atoms with Crippen molar-refractivity contribution in [2.24, 2.45) is 13.0 Å². The molecule has 3 aromatic rings. The fraction of sp³-hybridized carbons (Fsp3) is 0.240. The lowest BCUT2D eigenvalue weighted by molar-refractivity contribution is -0.122. The first kappa shape index (κ1) is 22.9. The van der Waals surface area contributed by atoms with Crippen molar-refractivity contribution in [3.05, 3.63) is 77.7 Å². The van der Waals surface area contributed by atoms with E-state index in [9.17, 15) is 14.0 Å². The van der Waals surface area contributed by atoms with Gasteiger partial charge in [0.25, 0.3) is 0 Å². The molecule has 2 aromatic carbocycles. The van der Waals surface area contributed by atoms with E-state index < -0.39 is 0 Å². The maximum absolute atomic E-state index is 13.2. The first-order valence-electron chi connectivity index (χ1n) is 10.4. The van der Waals surface area contributed by atoms with E-state index in [1.165, 1.54) is 18.2 Å². The Balaban J connectivity index is 1.59. The number of amides is 2. The third-order valence-electron chi connectivity index (χ3n) is 4.80. The van der Waals surface area contributed by atoms with Crippen LogP contribution in [0, 0.1) is 11.7 Å². The molecule has 0 bridgehead atoms. The molecule has 0 aliphatic heterocycles. The molecule has 6 nitrogen and oxygen atoms in total. The molecule has 0 radical (unpaired) electrons. The second-order valence-electron chi connectivity index (χ2n) is 7.97. The third-order valence-corrected chi connectivity index (χ3v) is 4.80. The zero-order chi connectivity index (χ0) is 23.1. The molecule has 1 aromatic heterocycles. The lowest BCUT2D eigenvalue weighted by atomic mass is 10.1. The number of nitrogens with one attached hydrogen (secondary N) is 2. The minimum atomic E-state index is -0.309. The second-order valence-corrected chi connectivity index (χ2v) is 7.97. The van der Waals surface area contributed by atoms with Crippen LogP contribution in [0.2, 0.25) is 0 Å². The topological polar surface area (TPSA) is 76.0 Å². The summed E-state index contributed by atoms with van der Waals surface area (Å²) in [5, 5.41) is 9.94. The van der Waals surface area contributed by atoms with Gasteiger partial charge in [0.2, 0.25) is 11.8 Å². The van der Waals surface area contributed by atoms with Gasteiger partial charge in [-0.2, -0.15) is 5.10 Å². The highest BCUT2D eigenvalue weighted by molar-refractivity contribution is 6.02. The van der Waals surface area contributed by atoms with Gasteiger partial charge in [0, 0.05) is 42.9 Å². The van der Waals surface area contributed by atoms with Crippen LogP contribution in [0.25, 0.3) is 17.3 Å². The number of benzene rings is 2. The first-order chi connectivity index (χ1) is 15.3. The Bertz CT molecular complexity index is 1100. The molecule has 32 heavy (non-hydrogen) atoms. The number of halogens is 1. The van der Waals surface area contributed by atoms with Crippen LogP contribution in [0.5, 0.6) is 0 Å². The summed E-state index contributed by atoms with van der Waals surface area (Å²) < 4.78 is 14.9. The van der Waals surface area contributed by atoms with Crippen LogP contribution in [0.4, 0.5) is 10.1 Å². The van der Waals surface area contributed by atoms with E-state index in [-0.39, 0.29) is 17.6 Å². The lowest BCUT2D eigenvalue weighted by Crippen LogP contribution is -2.23. The van der Waals surface area contributed by atoms with Gasteiger partial charge in [-0.15, -0.1) is 0 Å². The molecule has 0 saturated carbocycles. The monoisotopic (exact) mass is 434 g/mol. The smallest absolute Gasteiger partial charge is 0.248 e. The maximum Gasteiger partial charge on any atom is 0.248 e. The third kappa shape index (κ3) is 6.38. The van der Waals surface area contributed by atoms with Crippen molar-refractivity contribution in [1.82, 2.24) is 15.1 Å². The van der Waals surface area contributed by atoms with Gasteiger partial charge in [0.15, 0.2) is 0 Å². The first-order valence-corrected chi connectivity index (χ1v) is 10.4. The van der Waals surface area contributed by atoms with Crippen LogP contribution >= 0.6 is 0 Å². The van der Waals surface area contributed by atoms with E-state index in [0.29, 0.717) is 24.6 Å². The summed E-state index contributed by atoms with van der Waals surface area (Å²) in [6.45, 7) is 4.46. The van der Waals surface area contributed by atoms with Gasteiger partial charge in [-0.25, -0.2) is 4.39 Å². The van der Waals surface area contributed by atoms with Crippen molar-refractivity contribution in [2.75, 3.05) is 5.32 Å². The summed E-state index contributed by atoms with van der Waals surface area (Å²) in [6.07, 6.45) is 5.27. The molecule has 3 rings (SSSR count). The molecule has 1 heterocycles. The number of aryl methyl sites for hydroxylation is 1. The van der Waals surface area contributed by atoms with Crippen molar-refractivity contribution in [2.45, 2.75) is 26.8 Å². The minimum absolute atomic E-state index is 0.0259. The molecular formula is C25H27FN4O2. The van der Waals surface area contributed by atoms with Gasteiger partial charge in [0.05, 0.1) is 11.9 Å². The Morgan fingerprint density at radius 2 is 1.78 bits per heavy atom. The highest BCUT2D eigenvalue weighted by atomic mass is 19.1. The summed E-state index contributed by atoms with van der Waals surface area (Å²) in [5.41, 5.74) is 3.96. The summed E-state index contributed by atoms with van der Waals surface area (Å²) in [6, 6.07) is 13.5. The van der Waals surface area contributed by atoms with Gasteiger partial charge in [0.1, 0.15) is 5.82 Å². The molecule has 0 aliphatic rings. The van der Waals surface area contributed by atoms with E-state index in [4.69, 9.17) is 0 Å². The number of hydrogen-bond donors (Lipinski definition) is 2. The Labute approximate surface area is 187 Å². The largest absolute Gasteiger partial charge is 0.352 e. The maximum atomic E-state index is 13.2. The lowest BCUT2D eigenvalue weighted by Gasteiger charge is -2.08. The molecule has 0 fully saturated rings. The SMILES string of the molecule is CC(C)CC(=O)NCc1ccc(NC(=O)C=Cc2cnn(C)c2-c2ccc(F)cc2)cc1. The van der Waals surface area contributed by atoms with Crippen molar-refractivity contribution < 1.29 is 14.0 Å². The molecular weight excluding hydrogens is 407 g/mol. The van der Waals surface area contributed by atoms with Gasteiger partial charge >= 0.3 is 0 Å². The Hall–Kier alpha value is -3.74. The Morgan fingerprint density at radius 3 is 2.44 bits per heavy atom. The summed E-state index contributed by atoms with van der Waals surface area (Å²) >= 11 is 0. The predicted molar refractivity (Wildman–Crippen MR) is 124 cm³/mol. The number of hydrogen-bond acceptors (Lipinski definition) is 3. The Kier molecular flexibility index (Phi) is 7.54. The molecule has 0 spiro atoms. The Morgan fingerprint density at radius 1 is 1.09 bits per heavy atom. The van der Waals surface area contributed by atoms with E-state index in [0.717, 1.165) is 22.4 Å². The number of nitrogens with zero attached hydrogens (tertiary/aromatic N) is 2. The van der Waals surface area contributed by atoms with Crippen LogP contribution in [0.15, 0.2) is 60.8 Å². The van der Waals surface area contributed by atoms with Crippen LogP contribution < -0.4 is 10.6 Å². The number of aromatic nitrogens is 2. The molecule has 0 unspecified atom stereocenters. The fourth-order valence-electron chi connectivity index (χ4n) is 3.24. The quantitative estimate of drug-likeness (QED) is 0.511. The van der Waals surface area contributed by atoms with Crippen LogP contribution in [-0.2, 0) is 23.2 Å². The molecule has 0 aliphatic carbocycles. The highest BCUT2D eigenvalue weighted by Gasteiger charge is 2.10. The molecule has 7 heteroatoms. The van der Waals surface area contributed by atoms with Gasteiger partial charge in [-0.1, -0.05) is 26.0 Å². The number of rotatable bonds is 8. The summed E-state index contributed by atoms with van der Waals surface area (Å²) in [7, 11) is 1.79. The number of carbonyl (C=O) groups is 2. The molecule has 0 atom stereocenters. The standard InChI is InChI=1S/C25H27FN4O2/c1-17(2)14-24(32)27-15-18-4-11-22(12-5-18)29-23(31)13-8-20-16-28-30(3)25(20)19-6-9-21(26)10-7-19/h4-13,16-17H,14-15H2,1-3H3,(H,27,32)(H,29,31). The number of carbonyl (C=O) groups excluding carboxylic acids is 2. The van der Waals surface area contributed by atoms with Crippen molar-refractivity contribution in [1.29, 1.82) is 0 Å². The highest BCUT2D eigenvalue weighted by Crippen LogP contribution is 2.24.